The smallest absolute Gasteiger partial charge is 0.194 e. The third-order valence-electron chi connectivity index (χ3n) is 3.52. The number of rotatable bonds is 4. The molecule has 1 aliphatic rings. The molecule has 0 bridgehead atoms. The molecule has 0 aromatic carbocycles. The van der Waals surface area contributed by atoms with Crippen LogP contribution in [0.4, 0.5) is 5.82 Å². The molecule has 8 nitrogen and oxygen atoms in total. The number of thioether (sulfide) groups is 1. The van der Waals surface area contributed by atoms with Gasteiger partial charge >= 0.3 is 0 Å². The number of nitrogen functional groups attached to an aromatic ring is 1. The van der Waals surface area contributed by atoms with Gasteiger partial charge in [-0.15, -0.1) is 0 Å². The van der Waals surface area contributed by atoms with Crippen LogP contribution in [0.3, 0.4) is 0 Å². The van der Waals surface area contributed by atoms with Crippen molar-refractivity contribution in [3.8, 4) is 0 Å². The van der Waals surface area contributed by atoms with Gasteiger partial charge in [0.2, 0.25) is 0 Å². The molecule has 22 heavy (non-hydrogen) atoms. The normalized spacial score (nSPS) is 28.5. The Hall–Kier alpha value is -0.690. The maximum Gasteiger partial charge on any atom is 0.194 e. The summed E-state index contributed by atoms with van der Waals surface area (Å²) in [6.45, 7) is 2.03. The number of aliphatic hydroxyl groups is 2. The Balaban J connectivity index is 1.94. The third kappa shape index (κ3) is 2.77. The van der Waals surface area contributed by atoms with Gasteiger partial charge in [-0.2, -0.15) is 11.8 Å². The zero-order chi connectivity index (χ0) is 15.9. The Morgan fingerprint density at radius 1 is 1.41 bits per heavy atom. The van der Waals surface area contributed by atoms with Crippen LogP contribution in [-0.4, -0.2) is 59.5 Å². The van der Waals surface area contributed by atoms with Crippen molar-refractivity contribution in [1.29, 1.82) is 0 Å². The zero-order valence-electron chi connectivity index (χ0n) is 11.8. The summed E-state index contributed by atoms with van der Waals surface area (Å²) in [6.07, 6.45) is -1.66. The first-order valence-electron chi connectivity index (χ1n) is 6.77. The Labute approximate surface area is 144 Å². The van der Waals surface area contributed by atoms with E-state index < -0.39 is 24.5 Å². The maximum atomic E-state index is 10.3. The monoisotopic (exact) mass is 437 g/mol. The molecule has 0 radical (unpaired) electrons. The van der Waals surface area contributed by atoms with E-state index in [-0.39, 0.29) is 5.82 Å². The summed E-state index contributed by atoms with van der Waals surface area (Å²) in [5, 5.41) is 20.4. The number of halogens is 1. The fourth-order valence-electron chi connectivity index (χ4n) is 2.43. The van der Waals surface area contributed by atoms with Crippen LogP contribution in [0, 0.1) is 3.83 Å². The first-order valence-corrected chi connectivity index (χ1v) is 9.01. The standard InChI is InChI=1S/C12H16IN5O3S/c1-2-22-3-5-7(19)8(20)11(21-5)18-4-15-6-9(14)16-12(13)17-10(6)18/h4-5,7-8,11,19-20H,2-3H2,1H3,(H2,14,16,17)/t5-,7?,8?,11-/m1/s1. The van der Waals surface area contributed by atoms with Gasteiger partial charge in [0.25, 0.3) is 0 Å². The molecule has 0 aliphatic carbocycles. The van der Waals surface area contributed by atoms with Crippen LogP contribution in [-0.2, 0) is 4.74 Å². The predicted octanol–water partition coefficient (Wildman–Crippen LogP) is 0.385. The lowest BCUT2D eigenvalue weighted by molar-refractivity contribution is -0.0289. The highest BCUT2D eigenvalue weighted by Crippen LogP contribution is 2.33. The van der Waals surface area contributed by atoms with E-state index in [4.69, 9.17) is 10.5 Å². The molecule has 10 heteroatoms. The molecule has 120 valence electrons. The van der Waals surface area contributed by atoms with Crippen LogP contribution in [0.2, 0.25) is 0 Å². The summed E-state index contributed by atoms with van der Waals surface area (Å²) in [6, 6.07) is 0. The first-order chi connectivity index (χ1) is 10.5. The lowest BCUT2D eigenvalue weighted by Gasteiger charge is -2.16. The number of hydrogen-bond acceptors (Lipinski definition) is 8. The fourth-order valence-corrected chi connectivity index (χ4v) is 3.66. The number of fused-ring (bicyclic) bond motifs is 1. The Morgan fingerprint density at radius 3 is 2.91 bits per heavy atom. The van der Waals surface area contributed by atoms with Gasteiger partial charge in [0, 0.05) is 28.3 Å². The molecule has 3 heterocycles. The van der Waals surface area contributed by atoms with E-state index in [1.807, 2.05) is 29.5 Å². The van der Waals surface area contributed by atoms with Gasteiger partial charge in [-0.25, -0.2) is 15.0 Å². The minimum absolute atomic E-state index is 0.277. The molecule has 3 rings (SSSR count). The molecular formula is C12H16IN5O3S. The Morgan fingerprint density at radius 2 is 2.18 bits per heavy atom. The number of imidazole rings is 1. The van der Waals surface area contributed by atoms with Crippen LogP contribution < -0.4 is 5.73 Å². The van der Waals surface area contributed by atoms with E-state index in [1.54, 1.807) is 16.3 Å². The van der Waals surface area contributed by atoms with E-state index in [1.165, 1.54) is 6.33 Å². The molecule has 2 aromatic rings. The van der Waals surface area contributed by atoms with Gasteiger partial charge in [0.15, 0.2) is 21.5 Å². The van der Waals surface area contributed by atoms with Gasteiger partial charge < -0.3 is 20.7 Å². The number of nitrogens with two attached hydrogens (primary N) is 1. The number of nitrogens with zero attached hydrogens (tertiary/aromatic N) is 4. The lowest BCUT2D eigenvalue weighted by atomic mass is 10.1. The average molecular weight is 437 g/mol. The summed E-state index contributed by atoms with van der Waals surface area (Å²) in [7, 11) is 0. The highest BCUT2D eigenvalue weighted by Gasteiger charge is 2.44. The van der Waals surface area contributed by atoms with E-state index in [0.717, 1.165) is 5.75 Å². The van der Waals surface area contributed by atoms with Crippen molar-refractivity contribution in [2.45, 2.75) is 31.5 Å². The molecular weight excluding hydrogens is 421 g/mol. The maximum absolute atomic E-state index is 10.3. The highest BCUT2D eigenvalue weighted by atomic mass is 127. The first kappa shape index (κ1) is 16.2. The van der Waals surface area contributed by atoms with Crippen molar-refractivity contribution >= 4 is 51.3 Å². The van der Waals surface area contributed by atoms with Gasteiger partial charge in [-0.3, -0.25) is 4.57 Å². The molecule has 4 atom stereocenters. The molecule has 1 fully saturated rings. The number of anilines is 1. The van der Waals surface area contributed by atoms with Crippen molar-refractivity contribution < 1.29 is 14.9 Å². The predicted molar refractivity (Wildman–Crippen MR) is 91.4 cm³/mol. The van der Waals surface area contributed by atoms with Gasteiger partial charge in [0.05, 0.1) is 12.4 Å². The minimum Gasteiger partial charge on any atom is -0.387 e. The van der Waals surface area contributed by atoms with Crippen molar-refractivity contribution in [3.63, 3.8) is 0 Å². The summed E-state index contributed by atoms with van der Waals surface area (Å²) >= 11 is 3.61. The van der Waals surface area contributed by atoms with E-state index in [9.17, 15) is 10.2 Å². The number of hydrogen-bond donors (Lipinski definition) is 3. The molecule has 4 N–H and O–H groups in total. The molecule has 2 aromatic heterocycles. The molecule has 0 spiro atoms. The van der Waals surface area contributed by atoms with Gasteiger partial charge in [-0.05, 0) is 5.75 Å². The quantitative estimate of drug-likeness (QED) is 0.464. The van der Waals surface area contributed by atoms with Gasteiger partial charge in [0.1, 0.15) is 17.7 Å². The van der Waals surface area contributed by atoms with E-state index >= 15 is 0 Å². The number of aromatic nitrogens is 4. The van der Waals surface area contributed by atoms with Crippen molar-refractivity contribution in [2.24, 2.45) is 0 Å². The molecule has 0 amide bonds. The van der Waals surface area contributed by atoms with E-state index in [0.29, 0.717) is 20.7 Å². The largest absolute Gasteiger partial charge is 0.387 e. The van der Waals surface area contributed by atoms with Crippen LogP contribution >= 0.6 is 34.4 Å². The number of aliphatic hydroxyl groups excluding tert-OH is 2. The summed E-state index contributed by atoms with van der Waals surface area (Å²) in [5.41, 5.74) is 6.78. The van der Waals surface area contributed by atoms with E-state index in [2.05, 4.69) is 15.0 Å². The van der Waals surface area contributed by atoms with Crippen molar-refractivity contribution in [2.75, 3.05) is 17.2 Å². The Kier molecular flexibility index (Phi) is 4.73. The third-order valence-corrected chi connectivity index (χ3v) is 4.97. The topological polar surface area (TPSA) is 119 Å². The highest BCUT2D eigenvalue weighted by molar-refractivity contribution is 14.1. The van der Waals surface area contributed by atoms with Crippen molar-refractivity contribution in [1.82, 2.24) is 19.5 Å². The van der Waals surface area contributed by atoms with Gasteiger partial charge in [-0.1, -0.05) is 6.92 Å². The summed E-state index contributed by atoms with van der Waals surface area (Å²) in [5.74, 6) is 1.81. The second-order valence-corrected chi connectivity index (χ2v) is 7.19. The van der Waals surface area contributed by atoms with Crippen LogP contribution in [0.15, 0.2) is 6.33 Å². The summed E-state index contributed by atoms with van der Waals surface area (Å²) < 4.78 is 7.90. The Bertz CT molecular complexity index is 684. The fraction of sp³-hybridized carbons (Fsp3) is 0.583. The molecule has 1 aliphatic heterocycles. The van der Waals surface area contributed by atoms with Crippen LogP contribution in [0.25, 0.3) is 11.2 Å². The lowest BCUT2D eigenvalue weighted by Crippen LogP contribution is -2.32. The molecule has 0 saturated carbocycles. The SMILES string of the molecule is CCSC[C@H]1O[C@@H](n2cnc3c(N)nc(I)nc32)C(O)C1O. The molecule has 2 unspecified atom stereocenters. The minimum atomic E-state index is -1.05. The van der Waals surface area contributed by atoms with Crippen LogP contribution in [0.1, 0.15) is 13.2 Å². The molecule has 1 saturated heterocycles. The van der Waals surface area contributed by atoms with Crippen LogP contribution in [0.5, 0.6) is 0 Å². The second-order valence-electron chi connectivity index (χ2n) is 4.91. The number of ether oxygens (including phenoxy) is 1. The zero-order valence-corrected chi connectivity index (χ0v) is 14.7. The summed E-state index contributed by atoms with van der Waals surface area (Å²) in [4.78, 5) is 12.5. The average Bonchev–Trinajstić information content (AvgIpc) is 3.00. The second kappa shape index (κ2) is 6.43. The van der Waals surface area contributed by atoms with Crippen molar-refractivity contribution in [3.05, 3.63) is 10.2 Å².